The molecule has 0 aliphatic heterocycles. The number of rotatable bonds is 14. The molecule has 1 aromatic rings. The van der Waals surface area contributed by atoms with Crippen LogP contribution >= 0.6 is 0 Å². The molecule has 0 fully saturated rings. The Bertz CT molecular complexity index is 851. The highest BCUT2D eigenvalue weighted by Crippen LogP contribution is 2.38. The Morgan fingerprint density at radius 3 is 2.56 bits per heavy atom. The topological polar surface area (TPSA) is 72.8 Å². The van der Waals surface area contributed by atoms with E-state index in [1.54, 1.807) is 0 Å². The number of hydrogen-bond acceptors (Lipinski definition) is 4. The number of para-hydroxylation sites is 1. The third kappa shape index (κ3) is 9.22. The first-order valence-corrected chi connectivity index (χ1v) is 15.3. The molecular formula is C28H42O5Si. The highest BCUT2D eigenvalue weighted by Gasteiger charge is 2.39. The molecule has 0 saturated heterocycles. The van der Waals surface area contributed by atoms with Crippen LogP contribution in [-0.4, -0.2) is 37.9 Å². The summed E-state index contributed by atoms with van der Waals surface area (Å²) >= 11 is 0. The van der Waals surface area contributed by atoms with Crippen LogP contribution in [0.3, 0.4) is 0 Å². The lowest BCUT2D eigenvalue weighted by Crippen LogP contribution is -2.45. The summed E-state index contributed by atoms with van der Waals surface area (Å²) in [6.45, 7) is 11.7. The third-order valence-electron chi connectivity index (χ3n) is 6.90. The Labute approximate surface area is 206 Å². The van der Waals surface area contributed by atoms with Gasteiger partial charge in [0.1, 0.15) is 18.1 Å². The Balaban J connectivity index is 1.97. The van der Waals surface area contributed by atoms with Gasteiger partial charge in [0, 0.05) is 18.8 Å². The Kier molecular flexibility index (Phi) is 10.8. The molecule has 0 saturated carbocycles. The second-order valence-corrected chi connectivity index (χ2v) is 15.4. The Morgan fingerprint density at radius 1 is 1.21 bits per heavy atom. The van der Waals surface area contributed by atoms with Crippen LogP contribution in [0.25, 0.3) is 0 Å². The third-order valence-corrected chi connectivity index (χ3v) is 11.4. The van der Waals surface area contributed by atoms with E-state index in [4.69, 9.17) is 14.3 Å². The number of ether oxygens (including phenoxy) is 1. The number of aliphatic carboxylic acids is 1. The molecule has 0 bridgehead atoms. The summed E-state index contributed by atoms with van der Waals surface area (Å²) in [7, 11) is -1.97. The van der Waals surface area contributed by atoms with Crippen LogP contribution in [0.5, 0.6) is 5.75 Å². The monoisotopic (exact) mass is 486 g/mol. The number of benzene rings is 1. The van der Waals surface area contributed by atoms with Crippen molar-refractivity contribution in [2.75, 3.05) is 6.61 Å². The molecule has 0 unspecified atom stereocenters. The van der Waals surface area contributed by atoms with Crippen molar-refractivity contribution >= 4 is 20.1 Å². The van der Waals surface area contributed by atoms with Crippen molar-refractivity contribution in [3.63, 3.8) is 0 Å². The maximum Gasteiger partial charge on any atom is 0.303 e. The standard InChI is InChI=1S/C28H42O5Si/c1-28(2,3)34(4,5)33-24(21-32-23-13-9-8-10-14-23)19-17-22-18-20-26(29)25(22)15-11-6-7-12-16-27(30)31/h6,8-11,13-14,18,24-25H,7,12,15-17,19-21H2,1-5H3,(H,30,31)/b11-6-/t24-,25+/m0/s1. The van der Waals surface area contributed by atoms with Gasteiger partial charge in [-0.3, -0.25) is 9.59 Å². The number of Topliss-reactive ketones (excluding diaryl/α,β-unsaturated/α-hetero) is 1. The summed E-state index contributed by atoms with van der Waals surface area (Å²) in [5.41, 5.74) is 1.20. The summed E-state index contributed by atoms with van der Waals surface area (Å²) in [6.07, 6.45) is 10.4. The van der Waals surface area contributed by atoms with Crippen molar-refractivity contribution in [2.45, 2.75) is 90.0 Å². The fraction of sp³-hybridized carbons (Fsp3) is 0.571. The second-order valence-electron chi connectivity index (χ2n) is 10.7. The number of allylic oxidation sites excluding steroid dienone is 4. The lowest BCUT2D eigenvalue weighted by Gasteiger charge is -2.39. The van der Waals surface area contributed by atoms with E-state index in [-0.39, 0.29) is 29.3 Å². The Morgan fingerprint density at radius 2 is 1.91 bits per heavy atom. The number of ketones is 1. The lowest BCUT2D eigenvalue weighted by atomic mass is 9.92. The van der Waals surface area contributed by atoms with Crippen molar-refractivity contribution in [2.24, 2.45) is 5.92 Å². The summed E-state index contributed by atoms with van der Waals surface area (Å²) in [6, 6.07) is 9.82. The molecule has 34 heavy (non-hydrogen) atoms. The molecule has 2 atom stereocenters. The fourth-order valence-electron chi connectivity index (χ4n) is 3.81. The quantitative estimate of drug-likeness (QED) is 0.175. The highest BCUT2D eigenvalue weighted by atomic mass is 28.4. The van der Waals surface area contributed by atoms with E-state index in [1.165, 1.54) is 5.57 Å². The van der Waals surface area contributed by atoms with E-state index in [1.807, 2.05) is 42.5 Å². The normalized spacial score (nSPS) is 17.7. The van der Waals surface area contributed by atoms with Gasteiger partial charge in [-0.15, -0.1) is 0 Å². The average Bonchev–Trinajstić information content (AvgIpc) is 3.11. The predicted octanol–water partition coefficient (Wildman–Crippen LogP) is 6.95. The van der Waals surface area contributed by atoms with Gasteiger partial charge in [-0.2, -0.15) is 0 Å². The number of carbonyl (C=O) groups excluding carboxylic acids is 1. The van der Waals surface area contributed by atoms with Gasteiger partial charge < -0.3 is 14.3 Å². The molecule has 1 aliphatic rings. The van der Waals surface area contributed by atoms with Crippen LogP contribution in [0.2, 0.25) is 18.1 Å². The maximum absolute atomic E-state index is 12.5. The van der Waals surface area contributed by atoms with Crippen LogP contribution < -0.4 is 4.74 Å². The molecule has 0 aromatic heterocycles. The first kappa shape index (κ1) is 28.1. The summed E-state index contributed by atoms with van der Waals surface area (Å²) in [4.78, 5) is 23.1. The molecule has 5 nitrogen and oxygen atoms in total. The van der Waals surface area contributed by atoms with E-state index >= 15 is 0 Å². The fourth-order valence-corrected chi connectivity index (χ4v) is 5.18. The molecule has 0 amide bonds. The van der Waals surface area contributed by atoms with Crippen LogP contribution in [0.4, 0.5) is 0 Å². The summed E-state index contributed by atoms with van der Waals surface area (Å²) in [5, 5.41) is 8.85. The molecule has 2 rings (SSSR count). The molecule has 1 aliphatic carbocycles. The van der Waals surface area contributed by atoms with Gasteiger partial charge in [-0.05, 0) is 62.4 Å². The lowest BCUT2D eigenvalue weighted by molar-refractivity contribution is -0.137. The minimum absolute atomic E-state index is 0.0371. The summed E-state index contributed by atoms with van der Waals surface area (Å²) < 4.78 is 12.8. The zero-order valence-corrected chi connectivity index (χ0v) is 22.5. The van der Waals surface area contributed by atoms with E-state index < -0.39 is 14.3 Å². The van der Waals surface area contributed by atoms with Crippen molar-refractivity contribution < 1.29 is 23.9 Å². The van der Waals surface area contributed by atoms with Gasteiger partial charge in [0.15, 0.2) is 8.32 Å². The van der Waals surface area contributed by atoms with E-state index in [0.29, 0.717) is 25.9 Å². The average molecular weight is 487 g/mol. The van der Waals surface area contributed by atoms with E-state index in [2.05, 4.69) is 39.9 Å². The molecule has 0 spiro atoms. The van der Waals surface area contributed by atoms with Crippen molar-refractivity contribution in [1.29, 1.82) is 0 Å². The first-order chi connectivity index (χ1) is 16.0. The van der Waals surface area contributed by atoms with Gasteiger partial charge in [0.05, 0.1) is 6.10 Å². The van der Waals surface area contributed by atoms with Gasteiger partial charge >= 0.3 is 5.97 Å². The molecular weight excluding hydrogens is 444 g/mol. The molecule has 1 N–H and O–H groups in total. The largest absolute Gasteiger partial charge is 0.491 e. The minimum atomic E-state index is -1.97. The zero-order valence-electron chi connectivity index (χ0n) is 21.5. The molecule has 188 valence electrons. The highest BCUT2D eigenvalue weighted by molar-refractivity contribution is 6.74. The van der Waals surface area contributed by atoms with Crippen molar-refractivity contribution in [3.8, 4) is 5.75 Å². The predicted molar refractivity (Wildman–Crippen MR) is 140 cm³/mol. The molecule has 0 radical (unpaired) electrons. The number of carbonyl (C=O) groups is 2. The van der Waals surface area contributed by atoms with Crippen molar-refractivity contribution in [3.05, 3.63) is 54.1 Å². The second kappa shape index (κ2) is 13.1. The number of carboxylic acid groups (broad SMARTS) is 1. The molecule has 1 aromatic carbocycles. The molecule has 6 heteroatoms. The van der Waals surface area contributed by atoms with Crippen LogP contribution in [-0.2, 0) is 14.0 Å². The van der Waals surface area contributed by atoms with Gasteiger partial charge in [-0.1, -0.05) is 62.8 Å². The summed E-state index contributed by atoms with van der Waals surface area (Å²) in [5.74, 6) is 0.273. The first-order valence-electron chi connectivity index (χ1n) is 12.4. The van der Waals surface area contributed by atoms with Gasteiger partial charge in [0.2, 0.25) is 0 Å². The van der Waals surface area contributed by atoms with E-state index in [0.717, 1.165) is 25.0 Å². The van der Waals surface area contributed by atoms with E-state index in [9.17, 15) is 9.59 Å². The van der Waals surface area contributed by atoms with Crippen LogP contribution in [0.15, 0.2) is 54.1 Å². The van der Waals surface area contributed by atoms with Crippen molar-refractivity contribution in [1.82, 2.24) is 0 Å². The molecule has 0 heterocycles. The van der Waals surface area contributed by atoms with Crippen LogP contribution in [0, 0.1) is 5.92 Å². The van der Waals surface area contributed by atoms with Gasteiger partial charge in [0.25, 0.3) is 0 Å². The van der Waals surface area contributed by atoms with Gasteiger partial charge in [-0.25, -0.2) is 0 Å². The SMILES string of the molecule is CC(C)(C)[Si](C)(C)O[C@@H](CCC1=CCC(=O)[C@@H]1C/C=C\CCCC(=O)O)COc1ccccc1. The van der Waals surface area contributed by atoms with Crippen LogP contribution in [0.1, 0.15) is 65.7 Å². The maximum atomic E-state index is 12.5. The number of carboxylic acids is 1. The zero-order chi connectivity index (χ0) is 25.2. The number of unbranched alkanes of at least 4 members (excludes halogenated alkanes) is 1. The Hall–Kier alpha value is -2.18. The minimum Gasteiger partial charge on any atom is -0.491 e. The number of hydrogen-bond donors (Lipinski definition) is 1. The smallest absolute Gasteiger partial charge is 0.303 e.